The van der Waals surface area contributed by atoms with Crippen molar-refractivity contribution >= 4 is 16.8 Å². The number of hydrogen-bond acceptors (Lipinski definition) is 2. The zero-order valence-corrected chi connectivity index (χ0v) is 10.2. The Balaban J connectivity index is 1.61. The molecule has 1 fully saturated rings. The van der Waals surface area contributed by atoms with Crippen molar-refractivity contribution in [3.8, 4) is 0 Å². The van der Waals surface area contributed by atoms with Crippen LogP contribution in [0.3, 0.4) is 0 Å². The maximum atomic E-state index is 11.5. The van der Waals surface area contributed by atoms with Crippen LogP contribution in [0.25, 0.3) is 10.9 Å². The van der Waals surface area contributed by atoms with E-state index in [2.05, 4.69) is 22.4 Å². The van der Waals surface area contributed by atoms with Crippen LogP contribution in [0.1, 0.15) is 18.4 Å². The summed E-state index contributed by atoms with van der Waals surface area (Å²) in [4.78, 5) is 15.9. The van der Waals surface area contributed by atoms with Gasteiger partial charge in [0.15, 0.2) is 0 Å². The molecule has 1 amide bonds. The van der Waals surface area contributed by atoms with Crippen molar-refractivity contribution in [2.45, 2.75) is 19.3 Å². The molecule has 1 heterocycles. The van der Waals surface area contributed by atoms with Gasteiger partial charge in [-0.25, -0.2) is 0 Å². The smallest absolute Gasteiger partial charge is 0.223 e. The van der Waals surface area contributed by atoms with Crippen molar-refractivity contribution in [3.05, 3.63) is 42.1 Å². The molecule has 1 aliphatic rings. The first-order valence-electron chi connectivity index (χ1n) is 6.44. The molecule has 1 aliphatic carbocycles. The summed E-state index contributed by atoms with van der Waals surface area (Å²) in [6.07, 6.45) is 4.86. The maximum Gasteiger partial charge on any atom is 0.223 e. The van der Waals surface area contributed by atoms with Crippen LogP contribution >= 0.6 is 0 Å². The van der Waals surface area contributed by atoms with Gasteiger partial charge in [-0.05, 0) is 37.0 Å². The topological polar surface area (TPSA) is 42.0 Å². The number of amides is 1. The molecule has 1 aromatic heterocycles. The molecule has 0 saturated heterocycles. The molecule has 3 rings (SSSR count). The second kappa shape index (κ2) is 4.77. The molecule has 0 bridgehead atoms. The molecular formula is C15H16N2O. The first kappa shape index (κ1) is 11.2. The Labute approximate surface area is 106 Å². The summed E-state index contributed by atoms with van der Waals surface area (Å²) in [7, 11) is 0. The van der Waals surface area contributed by atoms with E-state index in [1.165, 1.54) is 5.56 Å². The summed E-state index contributed by atoms with van der Waals surface area (Å²) in [6, 6.07) is 10.2. The normalized spacial score (nSPS) is 14.7. The van der Waals surface area contributed by atoms with Gasteiger partial charge in [-0.2, -0.15) is 0 Å². The summed E-state index contributed by atoms with van der Waals surface area (Å²) in [5.74, 6) is 0.503. The molecule has 1 N–H and O–H groups in total. The molecule has 1 aromatic carbocycles. The molecule has 18 heavy (non-hydrogen) atoms. The molecule has 0 spiro atoms. The number of rotatable bonds is 4. The third kappa shape index (κ3) is 2.50. The molecule has 1 saturated carbocycles. The Morgan fingerprint density at radius 2 is 2.17 bits per heavy atom. The Morgan fingerprint density at radius 3 is 3.00 bits per heavy atom. The van der Waals surface area contributed by atoms with Crippen molar-refractivity contribution in [2.24, 2.45) is 5.92 Å². The second-order valence-electron chi connectivity index (χ2n) is 4.85. The number of nitrogens with zero attached hydrogens (tertiary/aromatic N) is 1. The summed E-state index contributed by atoms with van der Waals surface area (Å²) < 4.78 is 0. The highest BCUT2D eigenvalue weighted by Crippen LogP contribution is 2.28. The van der Waals surface area contributed by atoms with Crippen LogP contribution in [0.2, 0.25) is 0 Å². The van der Waals surface area contributed by atoms with Gasteiger partial charge in [0.25, 0.3) is 0 Å². The van der Waals surface area contributed by atoms with Gasteiger partial charge < -0.3 is 5.32 Å². The summed E-state index contributed by atoms with van der Waals surface area (Å²) >= 11 is 0. The van der Waals surface area contributed by atoms with E-state index < -0.39 is 0 Å². The molecule has 3 heteroatoms. The number of benzene rings is 1. The standard InChI is InChI=1S/C15H16N2O/c18-15(12-5-6-12)16-8-7-11-9-13-3-1-2-4-14(13)17-10-11/h1-4,9-10,12H,5-8H2,(H,16,18). The molecule has 92 valence electrons. The minimum absolute atomic E-state index is 0.212. The fraction of sp³-hybridized carbons (Fsp3) is 0.333. The lowest BCUT2D eigenvalue weighted by molar-refractivity contribution is -0.122. The number of para-hydroxylation sites is 1. The first-order valence-corrected chi connectivity index (χ1v) is 6.44. The quantitative estimate of drug-likeness (QED) is 0.891. The second-order valence-corrected chi connectivity index (χ2v) is 4.85. The van der Waals surface area contributed by atoms with E-state index in [0.29, 0.717) is 12.5 Å². The van der Waals surface area contributed by atoms with Crippen LogP contribution in [0.4, 0.5) is 0 Å². The van der Waals surface area contributed by atoms with E-state index in [-0.39, 0.29) is 5.91 Å². The van der Waals surface area contributed by atoms with Crippen molar-refractivity contribution < 1.29 is 4.79 Å². The van der Waals surface area contributed by atoms with Crippen molar-refractivity contribution in [2.75, 3.05) is 6.54 Å². The summed E-state index contributed by atoms with van der Waals surface area (Å²) in [5.41, 5.74) is 2.19. The monoisotopic (exact) mass is 240 g/mol. The van der Waals surface area contributed by atoms with E-state index in [1.807, 2.05) is 24.4 Å². The lowest BCUT2D eigenvalue weighted by atomic mass is 10.1. The molecule has 0 radical (unpaired) electrons. The fourth-order valence-corrected chi connectivity index (χ4v) is 2.07. The SMILES string of the molecule is O=C(NCCc1cnc2ccccc2c1)C1CC1. The van der Waals surface area contributed by atoms with E-state index in [1.54, 1.807) is 0 Å². The number of fused-ring (bicyclic) bond motifs is 1. The largest absolute Gasteiger partial charge is 0.356 e. The fourth-order valence-electron chi connectivity index (χ4n) is 2.07. The number of carbonyl (C=O) groups excluding carboxylic acids is 1. The van der Waals surface area contributed by atoms with Crippen molar-refractivity contribution in [3.63, 3.8) is 0 Å². The number of carbonyl (C=O) groups is 1. The van der Waals surface area contributed by atoms with Gasteiger partial charge in [-0.1, -0.05) is 18.2 Å². The average Bonchev–Trinajstić information content (AvgIpc) is 3.23. The minimum atomic E-state index is 0.212. The summed E-state index contributed by atoms with van der Waals surface area (Å²) in [5, 5.41) is 4.13. The van der Waals surface area contributed by atoms with Crippen molar-refractivity contribution in [1.29, 1.82) is 0 Å². The van der Waals surface area contributed by atoms with Crippen molar-refractivity contribution in [1.82, 2.24) is 10.3 Å². The van der Waals surface area contributed by atoms with Gasteiger partial charge in [-0.3, -0.25) is 9.78 Å². The van der Waals surface area contributed by atoms with Gasteiger partial charge in [0.1, 0.15) is 0 Å². The molecule has 2 aromatic rings. The van der Waals surface area contributed by atoms with E-state index in [0.717, 1.165) is 30.2 Å². The van der Waals surface area contributed by atoms with Gasteiger partial charge in [0.2, 0.25) is 5.91 Å². The van der Waals surface area contributed by atoms with Gasteiger partial charge in [0, 0.05) is 24.0 Å². The van der Waals surface area contributed by atoms with E-state index >= 15 is 0 Å². The number of pyridine rings is 1. The van der Waals surface area contributed by atoms with E-state index in [4.69, 9.17) is 0 Å². The predicted molar refractivity (Wildman–Crippen MR) is 71.2 cm³/mol. The highest BCUT2D eigenvalue weighted by molar-refractivity contribution is 5.81. The van der Waals surface area contributed by atoms with Crippen LogP contribution < -0.4 is 5.32 Å². The minimum Gasteiger partial charge on any atom is -0.356 e. The Morgan fingerprint density at radius 1 is 1.33 bits per heavy atom. The van der Waals surface area contributed by atoms with Gasteiger partial charge in [-0.15, -0.1) is 0 Å². The number of hydrogen-bond donors (Lipinski definition) is 1. The maximum absolute atomic E-state index is 11.5. The van der Waals surface area contributed by atoms with E-state index in [9.17, 15) is 4.79 Å². The van der Waals surface area contributed by atoms with Gasteiger partial charge in [0.05, 0.1) is 5.52 Å². The lowest BCUT2D eigenvalue weighted by Gasteiger charge is -2.05. The third-order valence-electron chi connectivity index (χ3n) is 3.31. The first-order chi connectivity index (χ1) is 8.83. The van der Waals surface area contributed by atoms with Crippen LogP contribution in [0.15, 0.2) is 36.5 Å². The number of nitrogens with one attached hydrogen (secondary N) is 1. The zero-order valence-electron chi connectivity index (χ0n) is 10.2. The molecule has 3 nitrogen and oxygen atoms in total. The molecule has 0 unspecified atom stereocenters. The third-order valence-corrected chi connectivity index (χ3v) is 3.31. The Bertz CT molecular complexity index is 575. The molecule has 0 aliphatic heterocycles. The highest BCUT2D eigenvalue weighted by atomic mass is 16.2. The predicted octanol–water partition coefficient (Wildman–Crippen LogP) is 2.30. The Hall–Kier alpha value is -1.90. The van der Waals surface area contributed by atoms with Crippen LogP contribution in [-0.2, 0) is 11.2 Å². The van der Waals surface area contributed by atoms with Crippen LogP contribution in [0, 0.1) is 5.92 Å². The molecular weight excluding hydrogens is 224 g/mol. The Kier molecular flexibility index (Phi) is 2.97. The molecule has 0 atom stereocenters. The van der Waals surface area contributed by atoms with Crippen LogP contribution in [-0.4, -0.2) is 17.4 Å². The number of aromatic nitrogens is 1. The summed E-state index contributed by atoms with van der Waals surface area (Å²) in [6.45, 7) is 0.704. The van der Waals surface area contributed by atoms with Crippen LogP contribution in [0.5, 0.6) is 0 Å². The zero-order chi connectivity index (χ0) is 12.4. The lowest BCUT2D eigenvalue weighted by Crippen LogP contribution is -2.26. The highest BCUT2D eigenvalue weighted by Gasteiger charge is 2.28. The average molecular weight is 240 g/mol. The van der Waals surface area contributed by atoms with Gasteiger partial charge >= 0.3 is 0 Å².